The van der Waals surface area contributed by atoms with E-state index in [2.05, 4.69) is 5.32 Å². The number of aliphatic hydroxyl groups excluding tert-OH is 2. The summed E-state index contributed by atoms with van der Waals surface area (Å²) in [6, 6.07) is 18.4. The molecular weight excluding hydrogens is 435 g/mol. The Balaban J connectivity index is 1.33. The maximum Gasteiger partial charge on any atom is 0.407 e. The van der Waals surface area contributed by atoms with Crippen molar-refractivity contribution in [3.05, 3.63) is 94.8 Å². The fourth-order valence-corrected chi connectivity index (χ4v) is 4.08. The standard InChI is InChI=1S/C25H22F3NO4/c26-21-11-14(9-10-19(21)24(27)28)23(31)22(30)12-29-25(32)33-13-20-17-7-3-1-5-15(17)16-6-2-4-8-18(16)20/h1-11,20,22-24,30-31H,12-13H2,(H,29,32). The minimum Gasteiger partial charge on any atom is -0.449 e. The van der Waals surface area contributed by atoms with Gasteiger partial charge in [0.1, 0.15) is 24.6 Å². The second kappa shape index (κ2) is 9.64. The second-order valence-electron chi connectivity index (χ2n) is 7.80. The van der Waals surface area contributed by atoms with Crippen LogP contribution in [0.3, 0.4) is 0 Å². The van der Waals surface area contributed by atoms with Gasteiger partial charge in [-0.3, -0.25) is 0 Å². The molecule has 0 saturated heterocycles. The summed E-state index contributed by atoms with van der Waals surface area (Å²) in [5.41, 5.74) is 3.40. The van der Waals surface area contributed by atoms with Gasteiger partial charge in [-0.15, -0.1) is 0 Å². The quantitative estimate of drug-likeness (QED) is 0.481. The molecule has 4 rings (SSSR count). The van der Waals surface area contributed by atoms with Gasteiger partial charge < -0.3 is 20.3 Å². The first-order valence-electron chi connectivity index (χ1n) is 10.4. The molecule has 2 unspecified atom stereocenters. The van der Waals surface area contributed by atoms with E-state index in [-0.39, 0.29) is 24.6 Å². The Morgan fingerprint density at radius 1 is 0.970 bits per heavy atom. The normalized spacial score (nSPS) is 14.5. The van der Waals surface area contributed by atoms with Crippen LogP contribution in [0.1, 0.15) is 40.7 Å². The fraction of sp³-hybridized carbons (Fsp3) is 0.240. The van der Waals surface area contributed by atoms with Crippen LogP contribution in [-0.4, -0.2) is 35.6 Å². The Bertz CT molecular complexity index is 1110. The molecule has 8 heteroatoms. The van der Waals surface area contributed by atoms with Crippen LogP contribution in [0.2, 0.25) is 0 Å². The van der Waals surface area contributed by atoms with Crippen molar-refractivity contribution in [2.45, 2.75) is 24.6 Å². The zero-order valence-corrected chi connectivity index (χ0v) is 17.4. The lowest BCUT2D eigenvalue weighted by atomic mass is 9.98. The molecule has 3 N–H and O–H groups in total. The fourth-order valence-electron chi connectivity index (χ4n) is 4.08. The van der Waals surface area contributed by atoms with Gasteiger partial charge in [-0.05, 0) is 33.9 Å². The van der Waals surface area contributed by atoms with Gasteiger partial charge >= 0.3 is 6.09 Å². The van der Waals surface area contributed by atoms with Crippen molar-refractivity contribution >= 4 is 6.09 Å². The Morgan fingerprint density at radius 2 is 1.58 bits per heavy atom. The SMILES string of the molecule is O=C(NCC(O)C(O)c1ccc(C(F)F)c(F)c1)OCC1c2ccccc2-c2ccccc21. The minimum atomic E-state index is -2.99. The number of alkyl carbamates (subject to hydrolysis) is 1. The number of benzene rings is 3. The highest BCUT2D eigenvalue weighted by Crippen LogP contribution is 2.44. The van der Waals surface area contributed by atoms with Crippen LogP contribution in [0, 0.1) is 5.82 Å². The number of rotatable bonds is 7. The third-order valence-electron chi connectivity index (χ3n) is 5.76. The highest BCUT2D eigenvalue weighted by atomic mass is 19.3. The van der Waals surface area contributed by atoms with Crippen molar-refractivity contribution in [1.29, 1.82) is 0 Å². The number of hydrogen-bond donors (Lipinski definition) is 3. The monoisotopic (exact) mass is 457 g/mol. The number of nitrogens with one attached hydrogen (secondary N) is 1. The van der Waals surface area contributed by atoms with E-state index >= 15 is 0 Å². The Morgan fingerprint density at radius 3 is 2.15 bits per heavy atom. The number of carbonyl (C=O) groups is 1. The van der Waals surface area contributed by atoms with Gasteiger partial charge in [0.2, 0.25) is 0 Å². The molecule has 0 aromatic heterocycles. The van der Waals surface area contributed by atoms with Gasteiger partial charge in [0.25, 0.3) is 6.43 Å². The van der Waals surface area contributed by atoms with E-state index in [1.807, 2.05) is 48.5 Å². The predicted octanol–water partition coefficient (Wildman–Crippen LogP) is 4.70. The largest absolute Gasteiger partial charge is 0.449 e. The van der Waals surface area contributed by atoms with Gasteiger partial charge in [0.15, 0.2) is 0 Å². The summed E-state index contributed by atoms with van der Waals surface area (Å²) in [6.45, 7) is -0.297. The first-order chi connectivity index (χ1) is 15.9. The van der Waals surface area contributed by atoms with Gasteiger partial charge in [-0.1, -0.05) is 60.7 Å². The number of alkyl halides is 2. The summed E-state index contributed by atoms with van der Waals surface area (Å²) < 4.78 is 44.4. The number of halogens is 3. The molecule has 3 aromatic rings. The topological polar surface area (TPSA) is 78.8 Å². The third kappa shape index (κ3) is 4.72. The molecule has 0 saturated carbocycles. The van der Waals surface area contributed by atoms with Gasteiger partial charge in [0.05, 0.1) is 5.56 Å². The molecular formula is C25H22F3NO4. The molecule has 1 aliphatic carbocycles. The number of amides is 1. The zero-order chi connectivity index (χ0) is 23.5. The Labute approximate surface area is 188 Å². The van der Waals surface area contributed by atoms with Crippen molar-refractivity contribution < 1.29 is 32.9 Å². The van der Waals surface area contributed by atoms with Crippen LogP contribution in [-0.2, 0) is 4.74 Å². The smallest absolute Gasteiger partial charge is 0.407 e. The Kier molecular flexibility index (Phi) is 6.67. The summed E-state index contributed by atoms with van der Waals surface area (Å²) in [5, 5.41) is 22.7. The molecule has 1 aliphatic rings. The molecule has 0 fully saturated rings. The first kappa shape index (κ1) is 22.8. The minimum absolute atomic E-state index is 0.0822. The average molecular weight is 457 g/mol. The lowest BCUT2D eigenvalue weighted by molar-refractivity contribution is 0.0183. The van der Waals surface area contributed by atoms with Crippen LogP contribution in [0.25, 0.3) is 11.1 Å². The van der Waals surface area contributed by atoms with Crippen molar-refractivity contribution in [1.82, 2.24) is 5.32 Å². The number of fused-ring (bicyclic) bond motifs is 3. The maximum atomic E-state index is 13.7. The lowest BCUT2D eigenvalue weighted by Gasteiger charge is -2.20. The summed E-state index contributed by atoms with van der Waals surface area (Å²) in [4.78, 5) is 12.2. The van der Waals surface area contributed by atoms with Crippen molar-refractivity contribution in [3.63, 3.8) is 0 Å². The van der Waals surface area contributed by atoms with Gasteiger partial charge in [-0.25, -0.2) is 18.0 Å². The van der Waals surface area contributed by atoms with Crippen molar-refractivity contribution in [2.24, 2.45) is 0 Å². The summed E-state index contributed by atoms with van der Waals surface area (Å²) in [7, 11) is 0. The molecule has 0 spiro atoms. The van der Waals surface area contributed by atoms with Crippen LogP contribution in [0.4, 0.5) is 18.0 Å². The van der Waals surface area contributed by atoms with E-state index in [9.17, 15) is 28.2 Å². The summed E-state index contributed by atoms with van der Waals surface area (Å²) in [5.74, 6) is -1.31. The number of ether oxygens (including phenoxy) is 1. The predicted molar refractivity (Wildman–Crippen MR) is 115 cm³/mol. The molecule has 1 amide bonds. The first-order valence-corrected chi connectivity index (χ1v) is 10.4. The number of carbonyl (C=O) groups excluding carboxylic acids is 1. The summed E-state index contributed by atoms with van der Waals surface area (Å²) >= 11 is 0. The molecule has 0 aliphatic heterocycles. The molecule has 33 heavy (non-hydrogen) atoms. The van der Waals surface area contributed by atoms with Crippen LogP contribution in [0.5, 0.6) is 0 Å². The molecule has 3 aromatic carbocycles. The molecule has 0 heterocycles. The molecule has 172 valence electrons. The Hall–Kier alpha value is -3.36. The highest BCUT2D eigenvalue weighted by molar-refractivity contribution is 5.79. The third-order valence-corrected chi connectivity index (χ3v) is 5.76. The van der Waals surface area contributed by atoms with Crippen molar-refractivity contribution in [3.8, 4) is 11.1 Å². The van der Waals surface area contributed by atoms with E-state index < -0.39 is 36.1 Å². The molecule has 0 radical (unpaired) electrons. The molecule has 2 atom stereocenters. The number of aliphatic hydroxyl groups is 2. The summed E-state index contributed by atoms with van der Waals surface area (Å²) in [6.07, 6.45) is -6.86. The molecule has 5 nitrogen and oxygen atoms in total. The average Bonchev–Trinajstić information content (AvgIpc) is 3.14. The van der Waals surface area contributed by atoms with E-state index in [1.54, 1.807) is 0 Å². The van der Waals surface area contributed by atoms with E-state index in [0.717, 1.165) is 40.5 Å². The van der Waals surface area contributed by atoms with Crippen molar-refractivity contribution in [2.75, 3.05) is 13.2 Å². The van der Waals surface area contributed by atoms with Gasteiger partial charge in [0, 0.05) is 12.5 Å². The molecule has 0 bridgehead atoms. The van der Waals surface area contributed by atoms with E-state index in [4.69, 9.17) is 4.74 Å². The number of hydrogen-bond acceptors (Lipinski definition) is 4. The second-order valence-corrected chi connectivity index (χ2v) is 7.80. The zero-order valence-electron chi connectivity index (χ0n) is 17.4. The maximum absolute atomic E-state index is 13.7. The van der Waals surface area contributed by atoms with E-state index in [0.29, 0.717) is 0 Å². The van der Waals surface area contributed by atoms with Gasteiger partial charge in [-0.2, -0.15) is 0 Å². The van der Waals surface area contributed by atoms with Crippen LogP contribution < -0.4 is 5.32 Å². The lowest BCUT2D eigenvalue weighted by Crippen LogP contribution is -2.36. The highest BCUT2D eigenvalue weighted by Gasteiger charge is 2.29. The van der Waals surface area contributed by atoms with Crippen LogP contribution in [0.15, 0.2) is 66.7 Å². The van der Waals surface area contributed by atoms with E-state index in [1.165, 1.54) is 0 Å². The van der Waals surface area contributed by atoms with Crippen LogP contribution >= 0.6 is 0 Å².